The molecule has 2 aromatic rings. The summed E-state index contributed by atoms with van der Waals surface area (Å²) in [7, 11) is 1.60. The van der Waals surface area contributed by atoms with Crippen molar-refractivity contribution in [2.75, 3.05) is 36.5 Å². The number of benzene rings is 2. The number of methoxy groups -OCH3 is 1. The minimum atomic E-state index is -0.581. The fraction of sp³-hybridized carbons (Fsp3) is 0.375. The first kappa shape index (κ1) is 20.9. The number of hydrogen-bond donors (Lipinski definition) is 0. The van der Waals surface area contributed by atoms with Crippen molar-refractivity contribution in [3.63, 3.8) is 0 Å². The smallest absolute Gasteiger partial charge is 0.254 e. The Bertz CT molecular complexity index is 1020. The maximum Gasteiger partial charge on any atom is 0.254 e. The summed E-state index contributed by atoms with van der Waals surface area (Å²) in [5.41, 5.74) is 1.41. The van der Waals surface area contributed by atoms with E-state index in [4.69, 9.17) is 4.74 Å². The van der Waals surface area contributed by atoms with Crippen molar-refractivity contribution in [1.29, 1.82) is 0 Å². The second kappa shape index (κ2) is 8.06. The third kappa shape index (κ3) is 4.00. The minimum Gasteiger partial charge on any atom is -0.497 e. The molecule has 2 heterocycles. The predicted octanol–water partition coefficient (Wildman–Crippen LogP) is 3.09. The van der Waals surface area contributed by atoms with Gasteiger partial charge in [-0.2, -0.15) is 0 Å². The van der Waals surface area contributed by atoms with Gasteiger partial charge in [-0.05, 0) is 62.7 Å². The summed E-state index contributed by atoms with van der Waals surface area (Å²) in [6.45, 7) is 4.97. The summed E-state index contributed by atoms with van der Waals surface area (Å²) in [6, 6.07) is 14.5. The van der Waals surface area contributed by atoms with Crippen LogP contribution in [0.25, 0.3) is 0 Å². The number of carbonyl (C=O) groups excluding carboxylic acids is 3. The van der Waals surface area contributed by atoms with Gasteiger partial charge in [0.15, 0.2) is 0 Å². The molecule has 7 heteroatoms. The average molecular weight is 421 g/mol. The van der Waals surface area contributed by atoms with Crippen molar-refractivity contribution in [2.24, 2.45) is 0 Å². The molecule has 0 atom stereocenters. The SMILES string of the molecule is COc1ccc(N2C(=O)CN(C(=O)c3cccc(N4CCCC4=O)c3)CC2(C)C)cc1. The van der Waals surface area contributed by atoms with Gasteiger partial charge in [-0.15, -0.1) is 0 Å². The average Bonchev–Trinajstić information content (AvgIpc) is 3.18. The predicted molar refractivity (Wildman–Crippen MR) is 118 cm³/mol. The number of anilines is 2. The monoisotopic (exact) mass is 421 g/mol. The van der Waals surface area contributed by atoms with Crippen LogP contribution in [0.3, 0.4) is 0 Å². The molecule has 2 aliphatic heterocycles. The molecule has 31 heavy (non-hydrogen) atoms. The quantitative estimate of drug-likeness (QED) is 0.761. The van der Waals surface area contributed by atoms with E-state index in [-0.39, 0.29) is 24.3 Å². The topological polar surface area (TPSA) is 70.2 Å². The van der Waals surface area contributed by atoms with Crippen molar-refractivity contribution < 1.29 is 19.1 Å². The van der Waals surface area contributed by atoms with E-state index in [9.17, 15) is 14.4 Å². The van der Waals surface area contributed by atoms with Gasteiger partial charge in [0.25, 0.3) is 5.91 Å². The van der Waals surface area contributed by atoms with Crippen molar-refractivity contribution >= 4 is 29.1 Å². The molecular formula is C24H27N3O4. The maximum atomic E-state index is 13.2. The van der Waals surface area contributed by atoms with E-state index in [1.54, 1.807) is 40.0 Å². The highest BCUT2D eigenvalue weighted by Crippen LogP contribution is 2.31. The number of carbonyl (C=O) groups is 3. The van der Waals surface area contributed by atoms with Crippen LogP contribution in [0.15, 0.2) is 48.5 Å². The molecule has 0 N–H and O–H groups in total. The summed E-state index contributed by atoms with van der Waals surface area (Å²) in [6.07, 6.45) is 1.36. The summed E-state index contributed by atoms with van der Waals surface area (Å²) >= 11 is 0. The van der Waals surface area contributed by atoms with Gasteiger partial charge in [-0.1, -0.05) is 6.07 Å². The lowest BCUT2D eigenvalue weighted by Crippen LogP contribution is -2.63. The van der Waals surface area contributed by atoms with Crippen molar-refractivity contribution in [1.82, 2.24) is 4.90 Å². The Hall–Kier alpha value is -3.35. The maximum absolute atomic E-state index is 13.2. The molecule has 2 aromatic carbocycles. The van der Waals surface area contributed by atoms with E-state index >= 15 is 0 Å². The second-order valence-corrected chi connectivity index (χ2v) is 8.60. The molecule has 7 nitrogen and oxygen atoms in total. The van der Waals surface area contributed by atoms with Gasteiger partial charge in [0, 0.05) is 36.4 Å². The van der Waals surface area contributed by atoms with Crippen LogP contribution >= 0.6 is 0 Å². The zero-order valence-electron chi connectivity index (χ0n) is 18.1. The van der Waals surface area contributed by atoms with Gasteiger partial charge in [-0.3, -0.25) is 14.4 Å². The molecule has 3 amide bonds. The van der Waals surface area contributed by atoms with E-state index in [0.29, 0.717) is 25.1 Å². The minimum absolute atomic E-state index is 0.00116. The van der Waals surface area contributed by atoms with Gasteiger partial charge in [0.2, 0.25) is 11.8 Å². The van der Waals surface area contributed by atoms with E-state index in [0.717, 1.165) is 23.5 Å². The Kier molecular flexibility index (Phi) is 5.43. The Labute approximate surface area is 182 Å². The molecule has 0 aromatic heterocycles. The van der Waals surface area contributed by atoms with Gasteiger partial charge < -0.3 is 19.4 Å². The number of hydrogen-bond acceptors (Lipinski definition) is 4. The number of nitrogens with zero attached hydrogens (tertiary/aromatic N) is 3. The van der Waals surface area contributed by atoms with Crippen LogP contribution in [-0.2, 0) is 9.59 Å². The summed E-state index contributed by atoms with van der Waals surface area (Å²) in [4.78, 5) is 43.4. The summed E-state index contributed by atoms with van der Waals surface area (Å²) < 4.78 is 5.21. The van der Waals surface area contributed by atoms with Crippen molar-refractivity contribution in [3.8, 4) is 5.75 Å². The first-order valence-corrected chi connectivity index (χ1v) is 10.5. The molecule has 162 valence electrons. The zero-order chi connectivity index (χ0) is 22.2. The highest BCUT2D eigenvalue weighted by atomic mass is 16.5. The first-order chi connectivity index (χ1) is 14.8. The Morgan fingerprint density at radius 2 is 1.74 bits per heavy atom. The molecule has 0 unspecified atom stereocenters. The third-order valence-electron chi connectivity index (χ3n) is 5.85. The van der Waals surface area contributed by atoms with Crippen LogP contribution in [0.1, 0.15) is 37.0 Å². The molecule has 0 aliphatic carbocycles. The number of amides is 3. The van der Waals surface area contributed by atoms with Crippen LogP contribution in [0, 0.1) is 0 Å². The van der Waals surface area contributed by atoms with Crippen LogP contribution < -0.4 is 14.5 Å². The molecule has 0 radical (unpaired) electrons. The zero-order valence-corrected chi connectivity index (χ0v) is 18.1. The first-order valence-electron chi connectivity index (χ1n) is 10.5. The number of ether oxygens (including phenoxy) is 1. The van der Waals surface area contributed by atoms with Crippen LogP contribution in [-0.4, -0.2) is 54.9 Å². The Morgan fingerprint density at radius 1 is 1.00 bits per heavy atom. The Balaban J connectivity index is 1.55. The summed E-state index contributed by atoms with van der Waals surface area (Å²) in [5, 5.41) is 0. The van der Waals surface area contributed by atoms with E-state index in [1.165, 1.54) is 0 Å². The van der Waals surface area contributed by atoms with Crippen molar-refractivity contribution in [2.45, 2.75) is 32.2 Å². The molecule has 2 fully saturated rings. The summed E-state index contributed by atoms with van der Waals surface area (Å²) in [5.74, 6) is 0.457. The largest absolute Gasteiger partial charge is 0.497 e. The molecule has 0 bridgehead atoms. The lowest BCUT2D eigenvalue weighted by Gasteiger charge is -2.46. The molecule has 2 aliphatic rings. The lowest BCUT2D eigenvalue weighted by atomic mass is 9.96. The third-order valence-corrected chi connectivity index (χ3v) is 5.85. The van der Waals surface area contributed by atoms with Crippen LogP contribution in [0.2, 0.25) is 0 Å². The number of rotatable bonds is 4. The standard InChI is InChI=1S/C24H27N3O4/c1-24(2)16-25(15-22(29)27(24)18-9-11-20(31-3)12-10-18)23(30)17-6-4-7-19(14-17)26-13-5-8-21(26)28/h4,6-7,9-12,14H,5,8,13,15-16H2,1-3H3. The molecule has 0 spiro atoms. The van der Waals surface area contributed by atoms with E-state index in [2.05, 4.69) is 0 Å². The Morgan fingerprint density at radius 3 is 2.35 bits per heavy atom. The fourth-order valence-electron chi connectivity index (χ4n) is 4.44. The number of piperazine rings is 1. The highest BCUT2D eigenvalue weighted by molar-refractivity contribution is 6.03. The van der Waals surface area contributed by atoms with Gasteiger partial charge in [0.1, 0.15) is 12.3 Å². The molecule has 0 saturated carbocycles. The molecule has 4 rings (SSSR count). The van der Waals surface area contributed by atoms with E-state index in [1.807, 2.05) is 44.2 Å². The van der Waals surface area contributed by atoms with Gasteiger partial charge in [0.05, 0.1) is 12.6 Å². The molecular weight excluding hydrogens is 394 g/mol. The van der Waals surface area contributed by atoms with Crippen molar-refractivity contribution in [3.05, 3.63) is 54.1 Å². The fourth-order valence-corrected chi connectivity index (χ4v) is 4.44. The normalized spacial score (nSPS) is 18.5. The van der Waals surface area contributed by atoms with Gasteiger partial charge in [-0.25, -0.2) is 0 Å². The highest BCUT2D eigenvalue weighted by Gasteiger charge is 2.41. The van der Waals surface area contributed by atoms with Crippen LogP contribution in [0.5, 0.6) is 5.75 Å². The second-order valence-electron chi connectivity index (χ2n) is 8.60. The van der Waals surface area contributed by atoms with Gasteiger partial charge >= 0.3 is 0 Å². The lowest BCUT2D eigenvalue weighted by molar-refractivity contribution is -0.122. The van der Waals surface area contributed by atoms with E-state index < -0.39 is 5.54 Å². The van der Waals surface area contributed by atoms with Crippen LogP contribution in [0.4, 0.5) is 11.4 Å². The molecule has 2 saturated heterocycles.